The summed E-state index contributed by atoms with van der Waals surface area (Å²) in [6, 6.07) is 2.64. The molecule has 2 saturated heterocycles. The summed E-state index contributed by atoms with van der Waals surface area (Å²) in [4.78, 5) is 17.8. The smallest absolute Gasteiger partial charge is 0.227 e. The van der Waals surface area contributed by atoms with E-state index >= 15 is 0 Å². The van der Waals surface area contributed by atoms with Crippen molar-refractivity contribution in [3.05, 3.63) is 34.5 Å². The first-order valence-electron chi connectivity index (χ1n) is 10.9. The van der Waals surface area contributed by atoms with Gasteiger partial charge in [0.2, 0.25) is 5.91 Å². The number of amides is 1. The number of carbonyl (C=O) groups excluding carboxylic acids is 1. The summed E-state index contributed by atoms with van der Waals surface area (Å²) in [6.45, 7) is 11.5. The Morgan fingerprint density at radius 3 is 2.79 bits per heavy atom. The maximum absolute atomic E-state index is 13.1. The van der Waals surface area contributed by atoms with Gasteiger partial charge in [0, 0.05) is 37.0 Å². The van der Waals surface area contributed by atoms with E-state index in [9.17, 15) is 4.79 Å². The normalized spacial score (nSPS) is 22.1. The number of nitrogens with zero attached hydrogens (tertiary/aromatic N) is 5. The van der Waals surface area contributed by atoms with Gasteiger partial charge in [-0.3, -0.25) is 4.79 Å². The Bertz CT molecular complexity index is 807. The molecule has 4 heterocycles. The molecule has 1 unspecified atom stereocenters. The average Bonchev–Trinajstić information content (AvgIpc) is 3.43. The molecule has 2 aliphatic rings. The number of thiophene rings is 1. The third-order valence-corrected chi connectivity index (χ3v) is 7.61. The third kappa shape index (κ3) is 4.12. The van der Waals surface area contributed by atoms with Crippen LogP contribution in [0.15, 0.2) is 23.2 Å². The summed E-state index contributed by atoms with van der Waals surface area (Å²) in [5.41, 5.74) is 1.25. The number of aryl methyl sites for hydroxylation is 1. The minimum atomic E-state index is 0.119. The van der Waals surface area contributed by atoms with Gasteiger partial charge in [0.1, 0.15) is 12.2 Å². The molecule has 7 heteroatoms. The lowest BCUT2D eigenvalue weighted by Crippen LogP contribution is -2.46. The van der Waals surface area contributed by atoms with E-state index in [1.165, 1.54) is 0 Å². The predicted molar refractivity (Wildman–Crippen MR) is 116 cm³/mol. The fourth-order valence-corrected chi connectivity index (χ4v) is 5.80. The van der Waals surface area contributed by atoms with Crippen molar-refractivity contribution >= 4 is 17.2 Å². The Balaban J connectivity index is 1.58. The van der Waals surface area contributed by atoms with Gasteiger partial charge in [-0.25, -0.2) is 0 Å². The number of likely N-dealkylation sites (tertiary alicyclic amines) is 2. The largest absolute Gasteiger partial charge is 0.341 e. The van der Waals surface area contributed by atoms with Crippen LogP contribution in [0.4, 0.5) is 0 Å². The molecule has 0 saturated carbocycles. The molecule has 2 fully saturated rings. The lowest BCUT2D eigenvalue weighted by molar-refractivity contribution is -0.130. The highest BCUT2D eigenvalue weighted by molar-refractivity contribution is 7.08. The number of carbonyl (C=O) groups is 1. The van der Waals surface area contributed by atoms with Gasteiger partial charge < -0.3 is 14.4 Å². The first-order chi connectivity index (χ1) is 14.0. The van der Waals surface area contributed by atoms with Crippen LogP contribution in [0.3, 0.4) is 0 Å². The van der Waals surface area contributed by atoms with Crippen LogP contribution in [0.5, 0.6) is 0 Å². The molecule has 1 atom stereocenters. The van der Waals surface area contributed by atoms with E-state index in [0.717, 1.165) is 63.4 Å². The summed E-state index contributed by atoms with van der Waals surface area (Å²) < 4.78 is 2.22. The van der Waals surface area contributed by atoms with Crippen molar-refractivity contribution in [1.82, 2.24) is 24.6 Å². The van der Waals surface area contributed by atoms with E-state index < -0.39 is 0 Å². The summed E-state index contributed by atoms with van der Waals surface area (Å²) in [5, 5.41) is 12.9. The van der Waals surface area contributed by atoms with Crippen LogP contribution >= 0.6 is 11.3 Å². The van der Waals surface area contributed by atoms with E-state index in [2.05, 4.69) is 56.8 Å². The van der Waals surface area contributed by atoms with Crippen molar-refractivity contribution < 1.29 is 4.79 Å². The molecule has 0 aromatic carbocycles. The minimum absolute atomic E-state index is 0.119. The van der Waals surface area contributed by atoms with Crippen LogP contribution in [-0.4, -0.2) is 62.7 Å². The lowest BCUT2D eigenvalue weighted by Gasteiger charge is -2.43. The molecule has 2 aromatic heterocycles. The molecular formula is C22H33N5OS. The van der Waals surface area contributed by atoms with Crippen molar-refractivity contribution in [3.63, 3.8) is 0 Å². The maximum atomic E-state index is 13.1. The Labute approximate surface area is 177 Å². The SMILES string of the molecule is CCCn1cnnc1C1CN(C(=O)Cc2ccsc2)CC12CCN(C(C)C)CC2. The zero-order chi connectivity index (χ0) is 20.4. The highest BCUT2D eigenvalue weighted by Crippen LogP contribution is 2.49. The van der Waals surface area contributed by atoms with Crippen molar-refractivity contribution in [2.24, 2.45) is 5.41 Å². The van der Waals surface area contributed by atoms with Gasteiger partial charge in [-0.2, -0.15) is 11.3 Å². The number of hydrogen-bond acceptors (Lipinski definition) is 5. The molecule has 6 nitrogen and oxygen atoms in total. The number of hydrogen-bond donors (Lipinski definition) is 0. The first kappa shape index (κ1) is 20.5. The molecule has 2 aliphatic heterocycles. The van der Waals surface area contributed by atoms with Gasteiger partial charge >= 0.3 is 0 Å². The van der Waals surface area contributed by atoms with Crippen LogP contribution in [-0.2, 0) is 17.8 Å². The van der Waals surface area contributed by atoms with Gasteiger partial charge in [-0.05, 0) is 68.6 Å². The van der Waals surface area contributed by atoms with Crippen LogP contribution in [0.2, 0.25) is 0 Å². The standard InChI is InChI=1S/C22H33N5OS/c1-4-8-26-16-23-24-21(26)19-13-27(20(28)12-18-5-11-29-14-18)15-22(19)6-9-25(10-7-22)17(2)3/h5,11,14,16-17,19H,4,6-10,12-13,15H2,1-3H3. The number of piperidine rings is 1. The Kier molecular flexibility index (Phi) is 6.06. The molecule has 1 spiro atoms. The zero-order valence-electron chi connectivity index (χ0n) is 17.9. The molecule has 0 radical (unpaired) electrons. The second kappa shape index (κ2) is 8.56. The second-order valence-corrected chi connectivity index (χ2v) is 9.79. The van der Waals surface area contributed by atoms with Crippen molar-refractivity contribution in [1.29, 1.82) is 0 Å². The second-order valence-electron chi connectivity index (χ2n) is 9.01. The fourth-order valence-electron chi connectivity index (χ4n) is 5.13. The van der Waals surface area contributed by atoms with Crippen LogP contribution in [0.25, 0.3) is 0 Å². The van der Waals surface area contributed by atoms with Gasteiger partial charge in [0.05, 0.1) is 6.42 Å². The Hall–Kier alpha value is -1.73. The van der Waals surface area contributed by atoms with Crippen LogP contribution < -0.4 is 0 Å². The number of aromatic nitrogens is 3. The fraction of sp³-hybridized carbons (Fsp3) is 0.682. The molecule has 158 valence electrons. The van der Waals surface area contributed by atoms with Crippen LogP contribution in [0.1, 0.15) is 57.3 Å². The van der Waals surface area contributed by atoms with Crippen LogP contribution in [0, 0.1) is 5.41 Å². The van der Waals surface area contributed by atoms with Gasteiger partial charge in [-0.15, -0.1) is 10.2 Å². The predicted octanol–water partition coefficient (Wildman–Crippen LogP) is 3.41. The van der Waals surface area contributed by atoms with E-state index in [1.807, 2.05) is 11.7 Å². The van der Waals surface area contributed by atoms with E-state index in [1.54, 1.807) is 11.3 Å². The lowest BCUT2D eigenvalue weighted by atomic mass is 9.70. The average molecular weight is 416 g/mol. The van der Waals surface area contributed by atoms with Gasteiger partial charge in [0.25, 0.3) is 0 Å². The third-order valence-electron chi connectivity index (χ3n) is 6.88. The molecule has 29 heavy (non-hydrogen) atoms. The highest BCUT2D eigenvalue weighted by atomic mass is 32.1. The molecule has 1 amide bonds. The van der Waals surface area contributed by atoms with E-state index in [-0.39, 0.29) is 17.2 Å². The van der Waals surface area contributed by atoms with Gasteiger partial charge in [-0.1, -0.05) is 6.92 Å². The van der Waals surface area contributed by atoms with E-state index in [0.29, 0.717) is 12.5 Å². The molecular weight excluding hydrogens is 382 g/mol. The number of rotatable bonds is 6. The topological polar surface area (TPSA) is 54.3 Å². The first-order valence-corrected chi connectivity index (χ1v) is 11.9. The Morgan fingerprint density at radius 2 is 2.14 bits per heavy atom. The molecule has 0 bridgehead atoms. The van der Waals surface area contributed by atoms with Crippen molar-refractivity contribution in [3.8, 4) is 0 Å². The Morgan fingerprint density at radius 1 is 1.34 bits per heavy atom. The maximum Gasteiger partial charge on any atom is 0.227 e. The molecule has 4 rings (SSSR count). The van der Waals surface area contributed by atoms with E-state index in [4.69, 9.17) is 0 Å². The molecule has 0 N–H and O–H groups in total. The summed E-state index contributed by atoms with van der Waals surface area (Å²) in [6.07, 6.45) is 5.68. The van der Waals surface area contributed by atoms with Gasteiger partial charge in [0.15, 0.2) is 0 Å². The zero-order valence-corrected chi connectivity index (χ0v) is 18.7. The van der Waals surface area contributed by atoms with Crippen molar-refractivity contribution in [2.75, 3.05) is 26.2 Å². The van der Waals surface area contributed by atoms with Crippen molar-refractivity contribution in [2.45, 2.75) is 65.0 Å². The molecule has 0 aliphatic carbocycles. The highest BCUT2D eigenvalue weighted by Gasteiger charge is 2.51. The minimum Gasteiger partial charge on any atom is -0.341 e. The quantitative estimate of drug-likeness (QED) is 0.726. The molecule has 2 aromatic rings. The summed E-state index contributed by atoms with van der Waals surface area (Å²) in [5.74, 6) is 1.60. The summed E-state index contributed by atoms with van der Waals surface area (Å²) >= 11 is 1.66. The summed E-state index contributed by atoms with van der Waals surface area (Å²) in [7, 11) is 0. The monoisotopic (exact) mass is 415 g/mol.